The third-order valence-corrected chi connectivity index (χ3v) is 2.27. The number of Topliss-reactive ketones (excluding diaryl/α,β-unsaturated/α-hetero) is 1. The van der Waals surface area contributed by atoms with E-state index in [-0.39, 0.29) is 11.5 Å². The number of rotatable bonds is 1. The molecule has 0 aromatic carbocycles. The van der Waals surface area contributed by atoms with E-state index in [4.69, 9.17) is 9.52 Å². The molecule has 0 aliphatic heterocycles. The van der Waals surface area contributed by atoms with Crippen LogP contribution in [0.3, 0.4) is 0 Å². The van der Waals surface area contributed by atoms with E-state index in [1.807, 2.05) is 0 Å². The maximum atomic E-state index is 11.3. The minimum atomic E-state index is -1.11. The minimum Gasteiger partial charge on any atom is -0.475 e. The van der Waals surface area contributed by atoms with E-state index >= 15 is 0 Å². The highest BCUT2D eigenvalue weighted by Crippen LogP contribution is 2.29. The molecule has 0 saturated heterocycles. The molecule has 4 heteroatoms. The predicted molar refractivity (Wildman–Crippen MR) is 43.1 cm³/mol. The van der Waals surface area contributed by atoms with Gasteiger partial charge in [-0.15, -0.1) is 0 Å². The third-order valence-electron chi connectivity index (χ3n) is 2.27. The van der Waals surface area contributed by atoms with Gasteiger partial charge in [0.1, 0.15) is 5.76 Å². The van der Waals surface area contributed by atoms with Crippen molar-refractivity contribution in [3.63, 3.8) is 0 Å². The van der Waals surface area contributed by atoms with Crippen LogP contribution in [-0.2, 0) is 6.42 Å². The summed E-state index contributed by atoms with van der Waals surface area (Å²) in [6.45, 7) is 1.61. The highest BCUT2D eigenvalue weighted by atomic mass is 16.4. The quantitative estimate of drug-likeness (QED) is 0.709. The molecule has 1 aromatic rings. The summed E-state index contributed by atoms with van der Waals surface area (Å²) in [6.07, 6.45) is 0.969. The third kappa shape index (κ3) is 0.983. The first-order chi connectivity index (χ1) is 6.11. The molecule has 0 unspecified atom stereocenters. The van der Waals surface area contributed by atoms with E-state index in [0.29, 0.717) is 29.7 Å². The van der Waals surface area contributed by atoms with Gasteiger partial charge in [0.25, 0.3) is 0 Å². The predicted octanol–water partition coefficient (Wildman–Crippen LogP) is 1.42. The highest BCUT2D eigenvalue weighted by Gasteiger charge is 2.30. The Hall–Kier alpha value is -1.58. The van der Waals surface area contributed by atoms with Gasteiger partial charge in [-0.2, -0.15) is 0 Å². The van der Waals surface area contributed by atoms with Crippen molar-refractivity contribution in [2.45, 2.75) is 19.8 Å². The Balaban J connectivity index is 2.62. The average Bonchev–Trinajstić information content (AvgIpc) is 2.55. The molecular formula is C9H8O4. The fraction of sp³-hybridized carbons (Fsp3) is 0.333. The van der Waals surface area contributed by atoms with Crippen molar-refractivity contribution < 1.29 is 19.1 Å². The number of hydrogen-bond donors (Lipinski definition) is 1. The molecule has 0 atom stereocenters. The van der Waals surface area contributed by atoms with Gasteiger partial charge in [-0.1, -0.05) is 0 Å². The van der Waals surface area contributed by atoms with E-state index < -0.39 is 5.97 Å². The molecule has 0 bridgehead atoms. The molecule has 0 radical (unpaired) electrons. The first kappa shape index (κ1) is 8.04. The van der Waals surface area contributed by atoms with E-state index in [0.717, 1.165) is 0 Å². The van der Waals surface area contributed by atoms with Gasteiger partial charge in [-0.05, 0) is 6.92 Å². The van der Waals surface area contributed by atoms with Gasteiger partial charge in [0.15, 0.2) is 5.78 Å². The van der Waals surface area contributed by atoms with Crippen LogP contribution in [0.1, 0.15) is 38.7 Å². The Kier molecular flexibility index (Phi) is 1.52. The lowest BCUT2D eigenvalue weighted by Gasteiger charge is -1.91. The van der Waals surface area contributed by atoms with Crippen molar-refractivity contribution in [2.75, 3.05) is 0 Å². The zero-order valence-corrected chi connectivity index (χ0v) is 7.09. The number of hydrogen-bond acceptors (Lipinski definition) is 3. The maximum absolute atomic E-state index is 11.3. The van der Waals surface area contributed by atoms with Crippen molar-refractivity contribution in [2.24, 2.45) is 0 Å². The molecule has 68 valence electrons. The summed E-state index contributed by atoms with van der Waals surface area (Å²) in [5.74, 6) is -0.693. The molecule has 1 N–H and O–H groups in total. The number of ketones is 1. The fourth-order valence-corrected chi connectivity index (χ4v) is 1.67. The number of carbonyl (C=O) groups excluding carboxylic acids is 1. The van der Waals surface area contributed by atoms with Crippen molar-refractivity contribution in [3.05, 3.63) is 22.6 Å². The standard InChI is InChI=1S/C9H8O4/c1-4-7-5(10)2-3-6(7)13-8(4)9(11)12/h2-3H2,1H3,(H,11,12). The van der Waals surface area contributed by atoms with Gasteiger partial charge in [0, 0.05) is 18.4 Å². The molecule has 1 aromatic heterocycles. The highest BCUT2D eigenvalue weighted by molar-refractivity contribution is 6.03. The second-order valence-electron chi connectivity index (χ2n) is 3.08. The molecule has 0 fully saturated rings. The molecule has 4 nitrogen and oxygen atoms in total. The smallest absolute Gasteiger partial charge is 0.372 e. The SMILES string of the molecule is Cc1c(C(=O)O)oc2c1C(=O)CC2. The lowest BCUT2D eigenvalue weighted by atomic mass is 10.1. The van der Waals surface area contributed by atoms with Crippen LogP contribution in [0.4, 0.5) is 0 Å². The molecule has 0 saturated carbocycles. The Labute approximate surface area is 74.2 Å². The minimum absolute atomic E-state index is 0.0104. The molecule has 1 aliphatic carbocycles. The van der Waals surface area contributed by atoms with E-state index in [1.54, 1.807) is 6.92 Å². The largest absolute Gasteiger partial charge is 0.475 e. The Bertz CT molecular complexity index is 400. The Morgan fingerprint density at radius 2 is 2.15 bits per heavy atom. The summed E-state index contributed by atoms with van der Waals surface area (Å²) in [4.78, 5) is 21.9. The zero-order chi connectivity index (χ0) is 9.59. The van der Waals surface area contributed by atoms with E-state index in [1.165, 1.54) is 0 Å². The number of carboxylic acid groups (broad SMARTS) is 1. The van der Waals surface area contributed by atoms with Crippen molar-refractivity contribution in [1.29, 1.82) is 0 Å². The molecular weight excluding hydrogens is 172 g/mol. The van der Waals surface area contributed by atoms with Gasteiger partial charge in [0.05, 0.1) is 5.56 Å². The summed E-state index contributed by atoms with van der Waals surface area (Å²) in [6, 6.07) is 0. The van der Waals surface area contributed by atoms with Crippen molar-refractivity contribution >= 4 is 11.8 Å². The average molecular weight is 180 g/mol. The fourth-order valence-electron chi connectivity index (χ4n) is 1.67. The topological polar surface area (TPSA) is 67.5 Å². The summed E-state index contributed by atoms with van der Waals surface area (Å²) in [5.41, 5.74) is 0.947. The summed E-state index contributed by atoms with van der Waals surface area (Å²) < 4.78 is 5.07. The van der Waals surface area contributed by atoms with Crippen LogP contribution in [0.15, 0.2) is 4.42 Å². The first-order valence-electron chi connectivity index (χ1n) is 4.00. The van der Waals surface area contributed by atoms with Crippen LogP contribution < -0.4 is 0 Å². The second-order valence-corrected chi connectivity index (χ2v) is 3.08. The Morgan fingerprint density at radius 3 is 2.69 bits per heavy atom. The van der Waals surface area contributed by atoms with E-state index in [2.05, 4.69) is 0 Å². The van der Waals surface area contributed by atoms with Crippen LogP contribution >= 0.6 is 0 Å². The van der Waals surface area contributed by atoms with Gasteiger partial charge in [0.2, 0.25) is 5.76 Å². The van der Waals surface area contributed by atoms with Crippen LogP contribution in [0, 0.1) is 6.92 Å². The van der Waals surface area contributed by atoms with Crippen LogP contribution in [0.25, 0.3) is 0 Å². The number of carbonyl (C=O) groups is 2. The van der Waals surface area contributed by atoms with Gasteiger partial charge < -0.3 is 9.52 Å². The number of furan rings is 1. The summed E-state index contributed by atoms with van der Waals surface area (Å²) in [7, 11) is 0. The van der Waals surface area contributed by atoms with Crippen LogP contribution in [-0.4, -0.2) is 16.9 Å². The molecule has 2 rings (SSSR count). The van der Waals surface area contributed by atoms with Crippen molar-refractivity contribution in [3.8, 4) is 0 Å². The monoisotopic (exact) mass is 180 g/mol. The van der Waals surface area contributed by atoms with Gasteiger partial charge in [-0.25, -0.2) is 4.79 Å². The van der Waals surface area contributed by atoms with Gasteiger partial charge in [-0.3, -0.25) is 4.79 Å². The first-order valence-corrected chi connectivity index (χ1v) is 4.00. The molecule has 13 heavy (non-hydrogen) atoms. The number of aromatic carboxylic acids is 1. The lowest BCUT2D eigenvalue weighted by Crippen LogP contribution is -1.99. The summed E-state index contributed by atoms with van der Waals surface area (Å²) in [5, 5.41) is 8.70. The van der Waals surface area contributed by atoms with Crippen LogP contribution in [0.2, 0.25) is 0 Å². The lowest BCUT2D eigenvalue weighted by molar-refractivity contribution is 0.0659. The zero-order valence-electron chi connectivity index (χ0n) is 7.09. The van der Waals surface area contributed by atoms with Crippen LogP contribution in [0.5, 0.6) is 0 Å². The Morgan fingerprint density at radius 1 is 1.46 bits per heavy atom. The molecule has 0 amide bonds. The van der Waals surface area contributed by atoms with E-state index in [9.17, 15) is 9.59 Å². The molecule has 0 spiro atoms. The van der Waals surface area contributed by atoms with Gasteiger partial charge >= 0.3 is 5.97 Å². The normalized spacial score (nSPS) is 14.7. The second kappa shape index (κ2) is 2.45. The number of carboxylic acids is 1. The number of aryl methyl sites for hydroxylation is 1. The molecule has 1 heterocycles. The maximum Gasteiger partial charge on any atom is 0.372 e. The number of fused-ring (bicyclic) bond motifs is 1. The van der Waals surface area contributed by atoms with Crippen molar-refractivity contribution in [1.82, 2.24) is 0 Å². The summed E-state index contributed by atoms with van der Waals surface area (Å²) >= 11 is 0. The molecule has 1 aliphatic rings.